The summed E-state index contributed by atoms with van der Waals surface area (Å²) in [6, 6.07) is 6.70. The molecule has 0 radical (unpaired) electrons. The first-order chi connectivity index (χ1) is 16.7. The number of hydrogen-bond donors (Lipinski definition) is 2. The van der Waals surface area contributed by atoms with E-state index in [1.807, 2.05) is 0 Å². The molecule has 13 heteroatoms. The van der Waals surface area contributed by atoms with E-state index in [9.17, 15) is 22.0 Å². The summed E-state index contributed by atoms with van der Waals surface area (Å²) in [5, 5.41) is 0. The van der Waals surface area contributed by atoms with E-state index in [2.05, 4.69) is 14.7 Å². The highest BCUT2D eigenvalue weighted by Gasteiger charge is 2.21. The van der Waals surface area contributed by atoms with Crippen molar-refractivity contribution in [2.24, 2.45) is 0 Å². The lowest BCUT2D eigenvalue weighted by molar-refractivity contribution is 0.145. The van der Waals surface area contributed by atoms with Crippen LogP contribution in [-0.4, -0.2) is 43.1 Å². The minimum Gasteiger partial charge on any atom is -0.484 e. The normalized spacial score (nSPS) is 11.5. The van der Waals surface area contributed by atoms with Crippen LogP contribution in [0.15, 0.2) is 64.7 Å². The zero-order valence-corrected chi connectivity index (χ0v) is 19.1. The lowest BCUT2D eigenvalue weighted by atomic mass is 10.1. The number of nitrogens with zero attached hydrogens (tertiary/aromatic N) is 3. The fourth-order valence-corrected chi connectivity index (χ4v) is 4.30. The van der Waals surface area contributed by atoms with Crippen molar-refractivity contribution >= 4 is 27.2 Å². The quantitative estimate of drug-likeness (QED) is 0.350. The summed E-state index contributed by atoms with van der Waals surface area (Å²) in [4.78, 5) is 20.2. The Balaban J connectivity index is 1.70. The largest absolute Gasteiger partial charge is 0.484 e. The van der Waals surface area contributed by atoms with Crippen LogP contribution >= 0.6 is 0 Å². The van der Waals surface area contributed by atoms with Gasteiger partial charge in [-0.1, -0.05) is 0 Å². The molecule has 1 aromatic carbocycles. The molecule has 0 unspecified atom stereocenters. The number of pyridine rings is 2. The van der Waals surface area contributed by atoms with Gasteiger partial charge < -0.3 is 15.2 Å². The number of anilines is 2. The Morgan fingerprint density at radius 2 is 1.86 bits per heavy atom. The molecule has 4 aromatic rings. The third-order valence-electron chi connectivity index (χ3n) is 4.90. The van der Waals surface area contributed by atoms with E-state index in [4.69, 9.17) is 15.2 Å². The summed E-state index contributed by atoms with van der Waals surface area (Å²) >= 11 is 0. The smallest absolute Gasteiger partial charge is 0.300 e. The maximum absolute atomic E-state index is 14.0. The summed E-state index contributed by atoms with van der Waals surface area (Å²) in [6.45, 7) is 0.457. The molecule has 0 spiro atoms. The SMILES string of the molecule is COCCOc1cnc2ccc(-c3cnc(N)c(NS(=O)(=O)c4ccc(F)cc4F)c3)cn2c1=O. The second kappa shape index (κ2) is 9.64. The molecular weight excluding hydrogens is 484 g/mol. The predicted octanol–water partition coefficient (Wildman–Crippen LogP) is 2.44. The first-order valence-corrected chi connectivity index (χ1v) is 11.5. The number of halogens is 2. The molecule has 0 bridgehead atoms. The molecule has 0 aliphatic heterocycles. The number of aromatic nitrogens is 3. The van der Waals surface area contributed by atoms with Gasteiger partial charge in [0.05, 0.1) is 18.5 Å². The van der Waals surface area contributed by atoms with Crippen LogP contribution < -0.4 is 20.8 Å². The van der Waals surface area contributed by atoms with Crippen LogP contribution in [0.4, 0.5) is 20.3 Å². The van der Waals surface area contributed by atoms with Gasteiger partial charge in [0.1, 0.15) is 34.6 Å². The molecule has 0 atom stereocenters. The van der Waals surface area contributed by atoms with Crippen LogP contribution in [0.3, 0.4) is 0 Å². The minimum atomic E-state index is -4.44. The molecule has 182 valence electrons. The van der Waals surface area contributed by atoms with Gasteiger partial charge in [-0.15, -0.1) is 0 Å². The van der Waals surface area contributed by atoms with Crippen molar-refractivity contribution < 1.29 is 26.7 Å². The van der Waals surface area contributed by atoms with E-state index >= 15 is 0 Å². The van der Waals surface area contributed by atoms with Gasteiger partial charge in [0, 0.05) is 36.7 Å². The molecule has 0 amide bonds. The molecule has 4 rings (SSSR count). The first-order valence-electron chi connectivity index (χ1n) is 10.1. The van der Waals surface area contributed by atoms with E-state index in [1.54, 1.807) is 12.1 Å². The highest BCUT2D eigenvalue weighted by molar-refractivity contribution is 7.92. The molecule has 0 saturated heterocycles. The van der Waals surface area contributed by atoms with Gasteiger partial charge in [-0.25, -0.2) is 27.2 Å². The number of fused-ring (bicyclic) bond motifs is 1. The molecule has 0 saturated carbocycles. The molecular formula is C22H19F2N5O5S. The summed E-state index contributed by atoms with van der Waals surface area (Å²) in [7, 11) is -2.94. The summed E-state index contributed by atoms with van der Waals surface area (Å²) in [5.74, 6) is -2.32. The lowest BCUT2D eigenvalue weighted by Crippen LogP contribution is -2.19. The number of hydrogen-bond acceptors (Lipinski definition) is 8. The number of ether oxygens (including phenoxy) is 2. The molecule has 0 fully saturated rings. The van der Waals surface area contributed by atoms with E-state index in [-0.39, 0.29) is 23.9 Å². The van der Waals surface area contributed by atoms with Crippen LogP contribution in [0.5, 0.6) is 5.75 Å². The maximum Gasteiger partial charge on any atom is 0.300 e. The highest BCUT2D eigenvalue weighted by Crippen LogP contribution is 2.28. The van der Waals surface area contributed by atoms with Crippen molar-refractivity contribution in [3.63, 3.8) is 0 Å². The maximum atomic E-state index is 14.0. The Hall–Kier alpha value is -4.10. The molecule has 3 N–H and O–H groups in total. The van der Waals surface area contributed by atoms with E-state index in [0.29, 0.717) is 29.4 Å². The number of sulfonamides is 1. The zero-order chi connectivity index (χ0) is 25.2. The van der Waals surface area contributed by atoms with E-state index in [0.717, 1.165) is 12.1 Å². The Morgan fingerprint density at radius 1 is 1.06 bits per heavy atom. The van der Waals surface area contributed by atoms with Crippen LogP contribution in [0.2, 0.25) is 0 Å². The van der Waals surface area contributed by atoms with Crippen molar-refractivity contribution in [3.05, 3.63) is 77.0 Å². The average Bonchev–Trinajstić information content (AvgIpc) is 2.81. The molecule has 0 aliphatic rings. The van der Waals surface area contributed by atoms with Crippen LogP contribution in [0, 0.1) is 11.6 Å². The zero-order valence-electron chi connectivity index (χ0n) is 18.2. The number of nitrogens with one attached hydrogen (secondary N) is 1. The highest BCUT2D eigenvalue weighted by atomic mass is 32.2. The standard InChI is InChI=1S/C22H19F2N5O5S/c1-33-6-7-34-18-11-26-20-5-2-13(12-29(20)22(18)30)14-8-17(21(25)27-10-14)28-35(31,32)19-4-3-15(23)9-16(19)24/h2-5,8-12,28H,6-7H2,1H3,(H2,25,27). The van der Waals surface area contributed by atoms with Crippen molar-refractivity contribution in [2.45, 2.75) is 4.90 Å². The second-order valence-electron chi connectivity index (χ2n) is 7.25. The van der Waals surface area contributed by atoms with Gasteiger partial charge in [0.2, 0.25) is 5.75 Å². The lowest BCUT2D eigenvalue weighted by Gasteiger charge is -2.13. The Labute approximate surface area is 198 Å². The first kappa shape index (κ1) is 24.0. The van der Waals surface area contributed by atoms with Crippen molar-refractivity contribution in [1.29, 1.82) is 0 Å². The molecule has 0 aliphatic carbocycles. The van der Waals surface area contributed by atoms with Gasteiger partial charge in [-0.3, -0.25) is 13.9 Å². The van der Waals surface area contributed by atoms with Gasteiger partial charge in [-0.05, 0) is 30.3 Å². The minimum absolute atomic E-state index is 0.0295. The number of benzene rings is 1. The van der Waals surface area contributed by atoms with Crippen molar-refractivity contribution in [3.8, 4) is 16.9 Å². The second-order valence-corrected chi connectivity index (χ2v) is 8.90. The summed E-state index contributed by atoms with van der Waals surface area (Å²) in [5.41, 5.74) is 6.48. The number of nitrogens with two attached hydrogens (primary N) is 1. The summed E-state index contributed by atoms with van der Waals surface area (Å²) in [6.07, 6.45) is 4.18. The monoisotopic (exact) mass is 503 g/mol. The number of rotatable bonds is 8. The van der Waals surface area contributed by atoms with Gasteiger partial charge in [0.15, 0.2) is 0 Å². The third-order valence-corrected chi connectivity index (χ3v) is 6.29. The molecule has 35 heavy (non-hydrogen) atoms. The number of nitrogen functional groups attached to an aromatic ring is 1. The third kappa shape index (κ3) is 5.05. The Bertz CT molecular complexity index is 1580. The molecule has 3 heterocycles. The predicted molar refractivity (Wildman–Crippen MR) is 124 cm³/mol. The Morgan fingerprint density at radius 3 is 2.60 bits per heavy atom. The topological polar surface area (TPSA) is 138 Å². The fraction of sp³-hybridized carbons (Fsp3) is 0.136. The van der Waals surface area contributed by atoms with E-state index < -0.39 is 32.1 Å². The van der Waals surface area contributed by atoms with Gasteiger partial charge in [-0.2, -0.15) is 0 Å². The average molecular weight is 503 g/mol. The Kier molecular flexibility index (Phi) is 6.62. The van der Waals surface area contributed by atoms with Crippen LogP contribution in [0.25, 0.3) is 16.8 Å². The van der Waals surface area contributed by atoms with Crippen LogP contribution in [-0.2, 0) is 14.8 Å². The van der Waals surface area contributed by atoms with Crippen molar-refractivity contribution in [2.75, 3.05) is 30.8 Å². The molecule has 3 aromatic heterocycles. The number of methoxy groups -OCH3 is 1. The fourth-order valence-electron chi connectivity index (χ4n) is 3.17. The van der Waals surface area contributed by atoms with Gasteiger partial charge >= 0.3 is 0 Å². The van der Waals surface area contributed by atoms with Gasteiger partial charge in [0.25, 0.3) is 15.6 Å². The van der Waals surface area contributed by atoms with E-state index in [1.165, 1.54) is 36.2 Å². The molecule has 10 nitrogen and oxygen atoms in total. The summed E-state index contributed by atoms with van der Waals surface area (Å²) < 4.78 is 66.3. The van der Waals surface area contributed by atoms with Crippen molar-refractivity contribution in [1.82, 2.24) is 14.4 Å². The van der Waals surface area contributed by atoms with Crippen LogP contribution in [0.1, 0.15) is 0 Å².